The maximum Gasteiger partial charge on any atom is 0.281 e. The van der Waals surface area contributed by atoms with Crippen LogP contribution < -0.4 is 5.43 Å². The highest BCUT2D eigenvalue weighted by Crippen LogP contribution is 2.29. The van der Waals surface area contributed by atoms with Crippen molar-refractivity contribution in [1.82, 2.24) is 5.43 Å². The number of halogens is 1. The van der Waals surface area contributed by atoms with Gasteiger partial charge in [0, 0.05) is 4.47 Å². The van der Waals surface area contributed by atoms with Gasteiger partial charge in [0.1, 0.15) is 0 Å². The molecule has 5 heteroatoms. The van der Waals surface area contributed by atoms with Crippen molar-refractivity contribution in [2.45, 2.75) is 5.60 Å². The summed E-state index contributed by atoms with van der Waals surface area (Å²) in [5, 5.41) is 15.3. The number of benzene rings is 3. The lowest BCUT2D eigenvalue weighted by Crippen LogP contribution is -2.43. The first-order chi connectivity index (χ1) is 12.6. The lowest BCUT2D eigenvalue weighted by molar-refractivity contribution is -0.136. The van der Waals surface area contributed by atoms with Gasteiger partial charge in [0.05, 0.1) is 6.21 Å². The predicted octanol–water partition coefficient (Wildman–Crippen LogP) is 3.84. The molecule has 0 saturated carbocycles. The molecule has 0 aliphatic carbocycles. The van der Waals surface area contributed by atoms with Gasteiger partial charge in [0.15, 0.2) is 5.60 Å². The van der Waals surface area contributed by atoms with Gasteiger partial charge in [-0.15, -0.1) is 0 Å². The van der Waals surface area contributed by atoms with Crippen LogP contribution in [0.25, 0.3) is 0 Å². The van der Waals surface area contributed by atoms with Crippen molar-refractivity contribution in [3.63, 3.8) is 0 Å². The number of hydrogen-bond donors (Lipinski definition) is 2. The zero-order valence-corrected chi connectivity index (χ0v) is 15.4. The number of amides is 1. The summed E-state index contributed by atoms with van der Waals surface area (Å²) in [6, 6.07) is 25.1. The Kier molecular flexibility index (Phi) is 5.61. The SMILES string of the molecule is O=C(N/N=C\c1cccc(Br)c1)C(O)(c1ccccc1)c1ccccc1. The van der Waals surface area contributed by atoms with Crippen molar-refractivity contribution in [2.75, 3.05) is 0 Å². The van der Waals surface area contributed by atoms with E-state index in [2.05, 4.69) is 26.5 Å². The first kappa shape index (κ1) is 18.0. The summed E-state index contributed by atoms with van der Waals surface area (Å²) in [6.45, 7) is 0. The molecule has 0 unspecified atom stereocenters. The van der Waals surface area contributed by atoms with Gasteiger partial charge in [0.2, 0.25) is 0 Å². The molecule has 4 nitrogen and oxygen atoms in total. The fourth-order valence-electron chi connectivity index (χ4n) is 2.62. The van der Waals surface area contributed by atoms with Gasteiger partial charge in [-0.05, 0) is 28.8 Å². The Morgan fingerprint density at radius 1 is 0.923 bits per heavy atom. The van der Waals surface area contributed by atoms with Crippen LogP contribution in [-0.2, 0) is 10.4 Å². The second kappa shape index (κ2) is 8.08. The van der Waals surface area contributed by atoms with Crippen molar-refractivity contribution in [1.29, 1.82) is 0 Å². The molecule has 0 spiro atoms. The molecule has 0 saturated heterocycles. The zero-order chi connectivity index (χ0) is 18.4. The lowest BCUT2D eigenvalue weighted by atomic mass is 9.85. The van der Waals surface area contributed by atoms with E-state index in [1.54, 1.807) is 48.5 Å². The number of nitrogens with one attached hydrogen (secondary N) is 1. The standard InChI is InChI=1S/C21H17BrN2O2/c22-19-13-7-8-16(14-19)15-23-24-20(25)21(26,17-9-3-1-4-10-17)18-11-5-2-6-12-18/h1-15,26H,(H,24,25)/b23-15-. The quantitative estimate of drug-likeness (QED) is 0.497. The van der Waals surface area contributed by atoms with Gasteiger partial charge in [-0.25, -0.2) is 5.43 Å². The number of hydrazone groups is 1. The van der Waals surface area contributed by atoms with Gasteiger partial charge < -0.3 is 5.11 Å². The predicted molar refractivity (Wildman–Crippen MR) is 106 cm³/mol. The highest BCUT2D eigenvalue weighted by Gasteiger charge is 2.39. The van der Waals surface area contributed by atoms with Crippen LogP contribution in [0.2, 0.25) is 0 Å². The van der Waals surface area contributed by atoms with Gasteiger partial charge in [-0.2, -0.15) is 5.10 Å². The van der Waals surface area contributed by atoms with Gasteiger partial charge in [-0.3, -0.25) is 4.79 Å². The number of nitrogens with zero attached hydrogens (tertiary/aromatic N) is 1. The molecule has 0 aliphatic rings. The van der Waals surface area contributed by atoms with Crippen molar-refractivity contribution in [3.8, 4) is 0 Å². The Labute approximate surface area is 160 Å². The second-order valence-corrected chi connectivity index (χ2v) is 6.61. The van der Waals surface area contributed by atoms with Crippen LogP contribution >= 0.6 is 15.9 Å². The number of hydrogen-bond acceptors (Lipinski definition) is 3. The fraction of sp³-hybridized carbons (Fsp3) is 0.0476. The summed E-state index contributed by atoms with van der Waals surface area (Å²) in [5.74, 6) is -0.624. The minimum absolute atomic E-state index is 0.473. The molecule has 0 bridgehead atoms. The molecular weight excluding hydrogens is 392 g/mol. The molecule has 3 aromatic carbocycles. The van der Waals surface area contributed by atoms with E-state index in [1.807, 2.05) is 36.4 Å². The molecule has 130 valence electrons. The largest absolute Gasteiger partial charge is 0.372 e. The molecule has 26 heavy (non-hydrogen) atoms. The molecule has 0 aromatic heterocycles. The van der Waals surface area contributed by atoms with E-state index in [0.29, 0.717) is 11.1 Å². The van der Waals surface area contributed by atoms with Crippen LogP contribution in [0, 0.1) is 0 Å². The van der Waals surface area contributed by atoms with Crippen molar-refractivity contribution in [3.05, 3.63) is 106 Å². The third kappa shape index (κ3) is 3.90. The highest BCUT2D eigenvalue weighted by atomic mass is 79.9. The molecule has 1 amide bonds. The van der Waals surface area contributed by atoms with Crippen LogP contribution in [-0.4, -0.2) is 17.2 Å². The summed E-state index contributed by atoms with van der Waals surface area (Å²) in [6.07, 6.45) is 1.53. The minimum Gasteiger partial charge on any atom is -0.372 e. The number of rotatable bonds is 5. The topological polar surface area (TPSA) is 61.7 Å². The van der Waals surface area contributed by atoms with Crippen molar-refractivity contribution in [2.24, 2.45) is 5.10 Å². The summed E-state index contributed by atoms with van der Waals surface area (Å²) in [5.41, 5.74) is 2.39. The zero-order valence-electron chi connectivity index (χ0n) is 13.8. The first-order valence-electron chi connectivity index (χ1n) is 8.03. The van der Waals surface area contributed by atoms with Gasteiger partial charge in [0.25, 0.3) is 5.91 Å². The Hall–Kier alpha value is -2.76. The Morgan fingerprint density at radius 3 is 2.04 bits per heavy atom. The van der Waals surface area contributed by atoms with Crippen LogP contribution in [0.5, 0.6) is 0 Å². The Balaban J connectivity index is 1.89. The van der Waals surface area contributed by atoms with Crippen LogP contribution in [0.4, 0.5) is 0 Å². The second-order valence-electron chi connectivity index (χ2n) is 5.70. The van der Waals surface area contributed by atoms with E-state index in [9.17, 15) is 9.90 Å². The van der Waals surface area contributed by atoms with E-state index in [-0.39, 0.29) is 0 Å². The summed E-state index contributed by atoms with van der Waals surface area (Å²) in [4.78, 5) is 12.8. The highest BCUT2D eigenvalue weighted by molar-refractivity contribution is 9.10. The first-order valence-corrected chi connectivity index (χ1v) is 8.82. The van der Waals surface area contributed by atoms with Gasteiger partial charge >= 0.3 is 0 Å². The van der Waals surface area contributed by atoms with E-state index < -0.39 is 11.5 Å². The molecule has 2 N–H and O–H groups in total. The molecule has 0 radical (unpaired) electrons. The summed E-state index contributed by atoms with van der Waals surface area (Å²) >= 11 is 3.39. The van der Waals surface area contributed by atoms with Crippen LogP contribution in [0.1, 0.15) is 16.7 Å². The average molecular weight is 409 g/mol. The Morgan fingerprint density at radius 2 is 1.50 bits per heavy atom. The lowest BCUT2D eigenvalue weighted by Gasteiger charge is -2.27. The van der Waals surface area contributed by atoms with Crippen LogP contribution in [0.3, 0.4) is 0 Å². The smallest absolute Gasteiger partial charge is 0.281 e. The van der Waals surface area contributed by atoms with E-state index in [1.165, 1.54) is 6.21 Å². The molecule has 3 aromatic rings. The van der Waals surface area contributed by atoms with E-state index in [4.69, 9.17) is 0 Å². The van der Waals surface area contributed by atoms with E-state index >= 15 is 0 Å². The molecule has 0 fully saturated rings. The maximum absolute atomic E-state index is 12.8. The van der Waals surface area contributed by atoms with Gasteiger partial charge in [-0.1, -0.05) is 88.7 Å². The van der Waals surface area contributed by atoms with Crippen molar-refractivity contribution >= 4 is 28.1 Å². The van der Waals surface area contributed by atoms with Crippen molar-refractivity contribution < 1.29 is 9.90 Å². The number of aliphatic hydroxyl groups is 1. The molecule has 0 heterocycles. The maximum atomic E-state index is 12.8. The Bertz CT molecular complexity index is 872. The molecular formula is C21H17BrN2O2. The molecule has 0 atom stereocenters. The summed E-state index contributed by atoms with van der Waals surface area (Å²) in [7, 11) is 0. The minimum atomic E-state index is -1.84. The third-order valence-corrected chi connectivity index (χ3v) is 4.43. The van der Waals surface area contributed by atoms with E-state index in [0.717, 1.165) is 10.0 Å². The van der Waals surface area contributed by atoms with Crippen LogP contribution in [0.15, 0.2) is 94.5 Å². The monoisotopic (exact) mass is 408 g/mol. The molecule has 0 aliphatic heterocycles. The molecule has 3 rings (SSSR count). The average Bonchev–Trinajstić information content (AvgIpc) is 2.68. The summed E-state index contributed by atoms with van der Waals surface area (Å²) < 4.78 is 0.915. The fourth-order valence-corrected chi connectivity index (χ4v) is 3.04. The third-order valence-electron chi connectivity index (χ3n) is 3.94. The normalized spacial score (nSPS) is 11.5. The number of carbonyl (C=O) groups is 1. The number of carbonyl (C=O) groups excluding carboxylic acids is 1.